The molecule has 0 radical (unpaired) electrons. The molecule has 1 aromatic rings. The highest BCUT2D eigenvalue weighted by molar-refractivity contribution is 6.32. The van der Waals surface area contributed by atoms with Crippen LogP contribution < -0.4 is 10.6 Å². The van der Waals surface area contributed by atoms with Gasteiger partial charge in [-0.05, 0) is 56.2 Å². The van der Waals surface area contributed by atoms with Gasteiger partial charge in [-0.1, -0.05) is 30.5 Å². The van der Waals surface area contributed by atoms with E-state index in [1.165, 1.54) is 19.3 Å². The van der Waals surface area contributed by atoms with Crippen molar-refractivity contribution in [2.75, 3.05) is 37.6 Å². The molecule has 3 rings (SSSR count). The number of piperazine rings is 1. The lowest BCUT2D eigenvalue weighted by Crippen LogP contribution is -2.47. The van der Waals surface area contributed by atoms with Crippen LogP contribution in [0.3, 0.4) is 0 Å². The molecule has 31 heavy (non-hydrogen) atoms. The van der Waals surface area contributed by atoms with E-state index < -0.39 is 0 Å². The molecular weight excluding hydrogens is 410 g/mol. The standard InChI is InChI=1S/C24H32ClN5O/c25-22-2-1-3-23(21(22)17-27)30-14-12-29(13-15-30)11-10-18-4-6-19(7-5-18)20(16-26)8-9-24(28)31/h1-3,18-20H,4-15H2,(H2,28,31). The van der Waals surface area contributed by atoms with Crippen molar-refractivity contribution in [3.05, 3.63) is 28.8 Å². The summed E-state index contributed by atoms with van der Waals surface area (Å²) in [5.41, 5.74) is 6.76. The first-order chi connectivity index (χ1) is 15.0. The Balaban J connectivity index is 1.39. The Morgan fingerprint density at radius 3 is 2.48 bits per heavy atom. The Kier molecular flexibility index (Phi) is 8.58. The third kappa shape index (κ3) is 6.35. The number of anilines is 1. The molecule has 1 unspecified atom stereocenters. The largest absolute Gasteiger partial charge is 0.370 e. The summed E-state index contributed by atoms with van der Waals surface area (Å²) in [6, 6.07) is 10.3. The molecule has 0 aromatic heterocycles. The molecule has 1 atom stereocenters. The van der Waals surface area contributed by atoms with Crippen LogP contribution in [-0.2, 0) is 4.79 Å². The normalized spacial score (nSPS) is 23.0. The molecule has 166 valence electrons. The van der Waals surface area contributed by atoms with E-state index >= 15 is 0 Å². The molecule has 1 aromatic carbocycles. The molecule has 2 fully saturated rings. The average molecular weight is 442 g/mol. The van der Waals surface area contributed by atoms with E-state index in [2.05, 4.69) is 21.9 Å². The van der Waals surface area contributed by atoms with Crippen molar-refractivity contribution < 1.29 is 4.79 Å². The predicted molar refractivity (Wildman–Crippen MR) is 122 cm³/mol. The monoisotopic (exact) mass is 441 g/mol. The number of rotatable bonds is 8. The molecule has 0 spiro atoms. The molecule has 0 bridgehead atoms. The van der Waals surface area contributed by atoms with Gasteiger partial charge in [-0.15, -0.1) is 0 Å². The van der Waals surface area contributed by atoms with E-state index in [1.54, 1.807) is 6.07 Å². The fourth-order valence-corrected chi connectivity index (χ4v) is 5.26. The van der Waals surface area contributed by atoms with Crippen LogP contribution in [0, 0.1) is 40.4 Å². The fourth-order valence-electron chi connectivity index (χ4n) is 5.05. The molecule has 1 aliphatic carbocycles. The summed E-state index contributed by atoms with van der Waals surface area (Å²) in [7, 11) is 0. The molecule has 1 heterocycles. The van der Waals surface area contributed by atoms with Crippen molar-refractivity contribution in [1.29, 1.82) is 10.5 Å². The van der Waals surface area contributed by atoms with E-state index in [1.807, 2.05) is 12.1 Å². The van der Waals surface area contributed by atoms with Crippen LogP contribution >= 0.6 is 11.6 Å². The van der Waals surface area contributed by atoms with Crippen LogP contribution in [-0.4, -0.2) is 43.5 Å². The number of hydrogen-bond acceptors (Lipinski definition) is 5. The number of nitriles is 2. The Morgan fingerprint density at radius 2 is 1.87 bits per heavy atom. The summed E-state index contributed by atoms with van der Waals surface area (Å²) in [4.78, 5) is 15.8. The van der Waals surface area contributed by atoms with Crippen LogP contribution in [0.4, 0.5) is 5.69 Å². The highest BCUT2D eigenvalue weighted by atomic mass is 35.5. The number of halogens is 1. The average Bonchev–Trinajstić information content (AvgIpc) is 2.79. The van der Waals surface area contributed by atoms with Crippen LogP contribution in [0.25, 0.3) is 0 Å². The highest BCUT2D eigenvalue weighted by Gasteiger charge is 2.28. The summed E-state index contributed by atoms with van der Waals surface area (Å²) in [6.07, 6.45) is 6.63. The second-order valence-corrected chi connectivity index (χ2v) is 9.29. The van der Waals surface area contributed by atoms with Gasteiger partial charge in [0.05, 0.1) is 22.3 Å². The molecule has 1 aliphatic heterocycles. The van der Waals surface area contributed by atoms with Crippen LogP contribution in [0.5, 0.6) is 0 Å². The topological polar surface area (TPSA) is 97.2 Å². The van der Waals surface area contributed by atoms with E-state index in [9.17, 15) is 15.3 Å². The van der Waals surface area contributed by atoms with Gasteiger partial charge in [0.25, 0.3) is 0 Å². The zero-order chi connectivity index (χ0) is 22.2. The second-order valence-electron chi connectivity index (χ2n) is 8.88. The SMILES string of the molecule is N#Cc1c(Cl)cccc1N1CCN(CCC2CCC(C(C#N)CCC(N)=O)CC2)CC1. The summed E-state index contributed by atoms with van der Waals surface area (Å²) in [6.45, 7) is 4.91. The van der Waals surface area contributed by atoms with Gasteiger partial charge in [0.2, 0.25) is 5.91 Å². The van der Waals surface area contributed by atoms with Crippen LogP contribution in [0.15, 0.2) is 18.2 Å². The highest BCUT2D eigenvalue weighted by Crippen LogP contribution is 2.36. The minimum atomic E-state index is -0.312. The predicted octanol–water partition coefficient (Wildman–Crippen LogP) is 3.94. The first-order valence-electron chi connectivity index (χ1n) is 11.4. The number of nitrogens with zero attached hydrogens (tertiary/aromatic N) is 4. The molecule has 2 aliphatic rings. The number of hydrogen-bond donors (Lipinski definition) is 1. The van der Waals surface area contributed by atoms with Crippen molar-refractivity contribution in [3.8, 4) is 12.1 Å². The Morgan fingerprint density at radius 1 is 1.16 bits per heavy atom. The van der Waals surface area contributed by atoms with Gasteiger partial charge in [-0.25, -0.2) is 0 Å². The lowest BCUT2D eigenvalue weighted by Gasteiger charge is -2.38. The van der Waals surface area contributed by atoms with Crippen molar-refractivity contribution in [3.63, 3.8) is 0 Å². The second kappa shape index (κ2) is 11.4. The molecule has 1 saturated carbocycles. The molecule has 1 saturated heterocycles. The zero-order valence-corrected chi connectivity index (χ0v) is 18.9. The summed E-state index contributed by atoms with van der Waals surface area (Å²) in [5, 5.41) is 19.4. The summed E-state index contributed by atoms with van der Waals surface area (Å²) < 4.78 is 0. The van der Waals surface area contributed by atoms with Crippen LogP contribution in [0.1, 0.15) is 50.5 Å². The van der Waals surface area contributed by atoms with Gasteiger partial charge in [-0.2, -0.15) is 10.5 Å². The molecule has 1 amide bonds. The number of amides is 1. The quantitative estimate of drug-likeness (QED) is 0.658. The maximum Gasteiger partial charge on any atom is 0.217 e. The third-order valence-electron chi connectivity index (χ3n) is 7.00. The zero-order valence-electron chi connectivity index (χ0n) is 18.1. The Bertz CT molecular complexity index is 829. The smallest absolute Gasteiger partial charge is 0.217 e. The Labute approximate surface area is 190 Å². The van der Waals surface area contributed by atoms with E-state index in [4.69, 9.17) is 17.3 Å². The summed E-state index contributed by atoms with van der Waals surface area (Å²) >= 11 is 6.19. The number of carbonyl (C=O) groups excluding carboxylic acids is 1. The first kappa shape index (κ1) is 23.4. The van der Waals surface area contributed by atoms with Crippen LogP contribution in [0.2, 0.25) is 5.02 Å². The van der Waals surface area contributed by atoms with Crippen molar-refractivity contribution in [2.24, 2.45) is 23.5 Å². The van der Waals surface area contributed by atoms with Gasteiger partial charge in [-0.3, -0.25) is 9.69 Å². The number of benzene rings is 1. The number of primary amides is 1. The molecule has 7 heteroatoms. The molecular formula is C24H32ClN5O. The number of carbonyl (C=O) groups is 1. The summed E-state index contributed by atoms with van der Waals surface area (Å²) in [5.74, 6) is 0.790. The lowest BCUT2D eigenvalue weighted by molar-refractivity contribution is -0.118. The molecule has 6 nitrogen and oxygen atoms in total. The minimum absolute atomic E-state index is 0.0358. The fraction of sp³-hybridized carbons (Fsp3) is 0.625. The van der Waals surface area contributed by atoms with Gasteiger partial charge >= 0.3 is 0 Å². The van der Waals surface area contributed by atoms with E-state index in [-0.39, 0.29) is 11.8 Å². The van der Waals surface area contributed by atoms with Crippen molar-refractivity contribution in [1.82, 2.24) is 4.90 Å². The van der Waals surface area contributed by atoms with Gasteiger partial charge in [0.1, 0.15) is 6.07 Å². The van der Waals surface area contributed by atoms with E-state index in [0.717, 1.165) is 57.2 Å². The molecule has 2 N–H and O–H groups in total. The minimum Gasteiger partial charge on any atom is -0.370 e. The van der Waals surface area contributed by atoms with Crippen molar-refractivity contribution in [2.45, 2.75) is 44.9 Å². The van der Waals surface area contributed by atoms with Gasteiger partial charge < -0.3 is 10.6 Å². The third-order valence-corrected chi connectivity index (χ3v) is 7.31. The maximum absolute atomic E-state index is 11.0. The Hall–Kier alpha value is -2.28. The number of nitrogens with two attached hydrogens (primary N) is 1. The van der Waals surface area contributed by atoms with E-state index in [0.29, 0.717) is 29.3 Å². The first-order valence-corrected chi connectivity index (χ1v) is 11.7. The maximum atomic E-state index is 11.0. The van der Waals surface area contributed by atoms with Crippen molar-refractivity contribution >= 4 is 23.2 Å². The van der Waals surface area contributed by atoms with Gasteiger partial charge in [0, 0.05) is 38.5 Å². The lowest BCUT2D eigenvalue weighted by atomic mass is 9.74. The van der Waals surface area contributed by atoms with Gasteiger partial charge in [0.15, 0.2) is 0 Å².